The summed E-state index contributed by atoms with van der Waals surface area (Å²) >= 11 is 7.70. The quantitative estimate of drug-likeness (QED) is 0.289. The van der Waals surface area contributed by atoms with Gasteiger partial charge in [-0.3, -0.25) is 4.79 Å². The maximum Gasteiger partial charge on any atom is 0.273 e. The number of nitrogens with one attached hydrogen (secondary N) is 1. The topological polar surface area (TPSA) is 94.8 Å². The second-order valence-corrected chi connectivity index (χ2v) is 7.71. The Labute approximate surface area is 184 Å². The summed E-state index contributed by atoms with van der Waals surface area (Å²) in [6, 6.07) is 7.37. The lowest BCUT2D eigenvalue weighted by molar-refractivity contribution is 0.0938. The van der Waals surface area contributed by atoms with Crippen molar-refractivity contribution in [3.63, 3.8) is 0 Å². The number of carbonyl (C=O) groups is 1. The zero-order valence-corrected chi connectivity index (χ0v) is 18.4. The van der Waals surface area contributed by atoms with Gasteiger partial charge in [-0.25, -0.2) is 14.6 Å². The van der Waals surface area contributed by atoms with Crippen molar-refractivity contribution in [3.05, 3.63) is 58.6 Å². The first-order valence-electron chi connectivity index (χ1n) is 9.57. The van der Waals surface area contributed by atoms with Gasteiger partial charge in [-0.05, 0) is 44.0 Å². The monoisotopic (exact) mass is 446 g/mol. The lowest BCUT2D eigenvalue weighted by Gasteiger charge is -2.09. The highest BCUT2D eigenvalue weighted by Gasteiger charge is 2.21. The molecule has 0 atom stereocenters. The van der Waals surface area contributed by atoms with Crippen molar-refractivity contribution in [2.75, 3.05) is 19.8 Å². The molecule has 0 radical (unpaired) electrons. The van der Waals surface area contributed by atoms with E-state index in [4.69, 9.17) is 16.3 Å². The Morgan fingerprint density at radius 1 is 1.30 bits per heavy atom. The van der Waals surface area contributed by atoms with Gasteiger partial charge in [0.1, 0.15) is 0 Å². The van der Waals surface area contributed by atoms with Crippen LogP contribution >= 0.6 is 23.4 Å². The van der Waals surface area contributed by atoms with Crippen LogP contribution in [-0.4, -0.2) is 50.6 Å². The molecule has 0 unspecified atom stereocenters. The van der Waals surface area contributed by atoms with E-state index in [0.717, 1.165) is 17.7 Å². The summed E-state index contributed by atoms with van der Waals surface area (Å²) in [6.07, 6.45) is 4.08. The van der Waals surface area contributed by atoms with Crippen molar-refractivity contribution in [2.45, 2.75) is 31.2 Å². The minimum atomic E-state index is -0.277. The number of carbonyl (C=O) groups excluding carboxylic acids is 1. The molecule has 0 saturated heterocycles. The molecule has 0 aliphatic heterocycles. The maximum absolute atomic E-state index is 12.7. The fraction of sp³-hybridized carbons (Fsp3) is 0.350. The Bertz CT molecular complexity index is 983. The van der Waals surface area contributed by atoms with Crippen LogP contribution in [0.1, 0.15) is 35.1 Å². The van der Waals surface area contributed by atoms with Gasteiger partial charge in [0.2, 0.25) is 0 Å². The zero-order chi connectivity index (χ0) is 21.3. The van der Waals surface area contributed by atoms with Crippen molar-refractivity contribution >= 4 is 29.3 Å². The third-order valence-electron chi connectivity index (χ3n) is 4.21. The first-order chi connectivity index (χ1) is 14.6. The van der Waals surface area contributed by atoms with Crippen molar-refractivity contribution in [2.24, 2.45) is 0 Å². The summed E-state index contributed by atoms with van der Waals surface area (Å²) < 4.78 is 6.94. The van der Waals surface area contributed by atoms with Crippen LogP contribution in [0.4, 0.5) is 0 Å². The lowest BCUT2D eigenvalue weighted by Crippen LogP contribution is -2.26. The summed E-state index contributed by atoms with van der Waals surface area (Å²) in [5, 5.41) is 12.5. The molecule has 10 heteroatoms. The van der Waals surface area contributed by atoms with Gasteiger partial charge in [0, 0.05) is 42.9 Å². The second kappa shape index (κ2) is 11.1. The van der Waals surface area contributed by atoms with Crippen LogP contribution < -0.4 is 5.32 Å². The van der Waals surface area contributed by atoms with E-state index in [-0.39, 0.29) is 11.6 Å². The van der Waals surface area contributed by atoms with Crippen LogP contribution in [0.3, 0.4) is 0 Å². The van der Waals surface area contributed by atoms with Gasteiger partial charge in [0.15, 0.2) is 10.9 Å². The van der Waals surface area contributed by atoms with E-state index < -0.39 is 0 Å². The predicted octanol–water partition coefficient (Wildman–Crippen LogP) is 3.47. The van der Waals surface area contributed by atoms with E-state index in [9.17, 15) is 4.79 Å². The van der Waals surface area contributed by atoms with E-state index in [0.29, 0.717) is 41.4 Å². The third-order valence-corrected chi connectivity index (χ3v) is 5.51. The van der Waals surface area contributed by atoms with Gasteiger partial charge in [-0.15, -0.1) is 5.10 Å². The molecule has 0 aliphatic carbocycles. The Morgan fingerprint density at radius 3 is 2.83 bits per heavy atom. The van der Waals surface area contributed by atoms with Crippen LogP contribution in [0.25, 0.3) is 5.69 Å². The van der Waals surface area contributed by atoms with Crippen LogP contribution in [0.15, 0.2) is 41.8 Å². The van der Waals surface area contributed by atoms with Crippen molar-refractivity contribution in [3.8, 4) is 5.69 Å². The normalized spacial score (nSPS) is 10.9. The number of rotatable bonds is 10. The number of aromatic nitrogens is 5. The minimum Gasteiger partial charge on any atom is -0.382 e. The molecular weight excluding hydrogens is 424 g/mol. The molecule has 2 heterocycles. The molecule has 8 nitrogen and oxygen atoms in total. The second-order valence-electron chi connectivity index (χ2n) is 6.36. The Hall–Kier alpha value is -2.49. The molecule has 0 aliphatic rings. The molecule has 1 aromatic carbocycles. The number of nitrogens with zero attached hydrogens (tertiary/aromatic N) is 5. The molecular formula is C20H23ClN6O2S. The van der Waals surface area contributed by atoms with Gasteiger partial charge < -0.3 is 10.1 Å². The average Bonchev–Trinajstić information content (AvgIpc) is 3.18. The Kier molecular flexibility index (Phi) is 8.18. The fourth-order valence-electron chi connectivity index (χ4n) is 2.63. The molecule has 3 rings (SSSR count). The number of hydrogen-bond acceptors (Lipinski definition) is 7. The number of ether oxygens (including phenoxy) is 1. The number of halogens is 1. The van der Waals surface area contributed by atoms with Gasteiger partial charge >= 0.3 is 0 Å². The highest BCUT2D eigenvalue weighted by Crippen LogP contribution is 2.25. The molecule has 0 spiro atoms. The molecule has 30 heavy (non-hydrogen) atoms. The highest BCUT2D eigenvalue weighted by atomic mass is 35.5. The molecule has 158 valence electrons. The van der Waals surface area contributed by atoms with E-state index in [1.165, 1.54) is 11.8 Å². The first kappa shape index (κ1) is 22.2. The van der Waals surface area contributed by atoms with Crippen molar-refractivity contribution in [1.82, 2.24) is 30.3 Å². The van der Waals surface area contributed by atoms with E-state index >= 15 is 0 Å². The summed E-state index contributed by atoms with van der Waals surface area (Å²) in [4.78, 5) is 21.2. The van der Waals surface area contributed by atoms with Crippen LogP contribution in [0.2, 0.25) is 5.02 Å². The summed E-state index contributed by atoms with van der Waals surface area (Å²) in [6.45, 7) is 5.62. The molecule has 0 fully saturated rings. The molecule has 1 amide bonds. The largest absolute Gasteiger partial charge is 0.382 e. The zero-order valence-electron chi connectivity index (χ0n) is 16.8. The van der Waals surface area contributed by atoms with Gasteiger partial charge in [-0.2, -0.15) is 0 Å². The van der Waals surface area contributed by atoms with Crippen molar-refractivity contribution in [1.29, 1.82) is 0 Å². The first-order valence-corrected chi connectivity index (χ1v) is 10.9. The maximum atomic E-state index is 12.7. The lowest BCUT2D eigenvalue weighted by atomic mass is 10.2. The number of benzene rings is 1. The Morgan fingerprint density at radius 2 is 2.10 bits per heavy atom. The van der Waals surface area contributed by atoms with E-state index in [1.54, 1.807) is 23.1 Å². The molecule has 3 aromatic rings. The van der Waals surface area contributed by atoms with Gasteiger partial charge in [0.25, 0.3) is 5.91 Å². The Balaban J connectivity index is 1.83. The van der Waals surface area contributed by atoms with Crippen LogP contribution in [-0.2, 0) is 10.5 Å². The standard InChI is InChI=1S/C20H23ClN6O2S/c1-3-29-11-5-10-22-19(28)18-17(13-30-20-23-8-4-9-24-20)27(26-25-18)15-7-6-14(2)16(21)12-15/h4,6-9,12H,3,5,10-11,13H2,1-2H3,(H,22,28). The van der Waals surface area contributed by atoms with E-state index in [1.807, 2.05) is 32.0 Å². The summed E-state index contributed by atoms with van der Waals surface area (Å²) in [5.41, 5.74) is 2.61. The van der Waals surface area contributed by atoms with Gasteiger partial charge in [-0.1, -0.05) is 34.6 Å². The number of aryl methyl sites for hydroxylation is 1. The summed E-state index contributed by atoms with van der Waals surface area (Å²) in [7, 11) is 0. The SMILES string of the molecule is CCOCCCNC(=O)c1nnn(-c2ccc(C)c(Cl)c2)c1CSc1ncccn1. The number of amides is 1. The summed E-state index contributed by atoms with van der Waals surface area (Å²) in [5.74, 6) is 0.144. The van der Waals surface area contributed by atoms with Crippen LogP contribution in [0.5, 0.6) is 0 Å². The van der Waals surface area contributed by atoms with Crippen LogP contribution in [0, 0.1) is 6.92 Å². The van der Waals surface area contributed by atoms with Crippen molar-refractivity contribution < 1.29 is 9.53 Å². The fourth-order valence-corrected chi connectivity index (χ4v) is 3.60. The van der Waals surface area contributed by atoms with E-state index in [2.05, 4.69) is 25.6 Å². The smallest absolute Gasteiger partial charge is 0.273 e. The molecule has 2 aromatic heterocycles. The molecule has 0 saturated carbocycles. The third kappa shape index (κ3) is 5.78. The number of thioether (sulfide) groups is 1. The minimum absolute atomic E-state index is 0.270. The van der Waals surface area contributed by atoms with Gasteiger partial charge in [0.05, 0.1) is 11.4 Å². The molecule has 1 N–H and O–H groups in total. The average molecular weight is 447 g/mol. The highest BCUT2D eigenvalue weighted by molar-refractivity contribution is 7.98. The number of hydrogen-bond donors (Lipinski definition) is 1. The molecule has 0 bridgehead atoms. The predicted molar refractivity (Wildman–Crippen MR) is 116 cm³/mol.